The van der Waals surface area contributed by atoms with E-state index in [1.165, 1.54) is 11.4 Å². The van der Waals surface area contributed by atoms with E-state index in [1.807, 2.05) is 6.07 Å². The number of halogens is 2. The van der Waals surface area contributed by atoms with Crippen molar-refractivity contribution in [1.82, 2.24) is 4.98 Å². The van der Waals surface area contributed by atoms with Gasteiger partial charge in [-0.05, 0) is 24.3 Å². The number of nitrogens with one attached hydrogen (secondary N) is 1. The quantitative estimate of drug-likeness (QED) is 0.748. The molecule has 0 aliphatic rings. The van der Waals surface area contributed by atoms with Gasteiger partial charge in [-0.2, -0.15) is 0 Å². The van der Waals surface area contributed by atoms with E-state index in [0.29, 0.717) is 17.3 Å². The third-order valence-electron chi connectivity index (χ3n) is 3.27. The van der Waals surface area contributed by atoms with Crippen molar-refractivity contribution in [1.29, 1.82) is 0 Å². The van der Waals surface area contributed by atoms with E-state index in [1.54, 1.807) is 30.6 Å². The topological polar surface area (TPSA) is 98.7 Å². The monoisotopic (exact) mass is 367 g/mol. The number of carboxylic acids is 1. The number of anilines is 1. The van der Waals surface area contributed by atoms with Crippen LogP contribution in [0, 0.1) is 0 Å². The minimum atomic E-state index is -1.31. The lowest BCUT2D eigenvalue weighted by atomic mass is 10.1. The number of hydrogen-bond donors (Lipinski definition) is 2. The van der Waals surface area contributed by atoms with Gasteiger partial charge in [0.15, 0.2) is 0 Å². The molecule has 1 heterocycles. The van der Waals surface area contributed by atoms with Crippen molar-refractivity contribution >= 4 is 40.8 Å². The van der Waals surface area contributed by atoms with E-state index < -0.39 is 17.9 Å². The van der Waals surface area contributed by atoms with Crippen LogP contribution in [0.4, 0.5) is 5.69 Å². The van der Waals surface area contributed by atoms with Crippen LogP contribution in [0.2, 0.25) is 10.0 Å². The van der Waals surface area contributed by atoms with Crippen molar-refractivity contribution in [3.63, 3.8) is 0 Å². The van der Waals surface area contributed by atoms with E-state index in [-0.39, 0.29) is 11.4 Å². The SMILES string of the molecule is O=C(C[C@H]([NH2+]Cc1cccnc1)C(=O)[O-])Nc1ccc(Cl)cc1Cl. The molecule has 0 saturated carbocycles. The first-order valence-corrected chi connectivity index (χ1v) is 7.89. The number of amides is 1. The molecule has 126 valence electrons. The lowest BCUT2D eigenvalue weighted by Gasteiger charge is -2.16. The second-order valence-electron chi connectivity index (χ2n) is 5.10. The summed E-state index contributed by atoms with van der Waals surface area (Å²) in [5.41, 5.74) is 1.22. The number of carbonyl (C=O) groups is 2. The predicted molar refractivity (Wildman–Crippen MR) is 88.4 cm³/mol. The summed E-state index contributed by atoms with van der Waals surface area (Å²) in [5.74, 6) is -1.79. The smallest absolute Gasteiger partial charge is 0.230 e. The number of nitrogens with two attached hydrogens (primary N) is 1. The molecule has 0 aliphatic heterocycles. The zero-order chi connectivity index (χ0) is 17.5. The minimum Gasteiger partial charge on any atom is -0.544 e. The molecule has 3 N–H and O–H groups in total. The standard InChI is InChI=1S/C16H15Cl2N3O3/c17-11-3-4-13(12(18)6-11)21-15(22)7-14(16(23)24)20-9-10-2-1-5-19-8-10/h1-6,8,14,20H,7,9H2,(H,21,22)(H,23,24)/t14-/m0/s1. The van der Waals surface area contributed by atoms with Crippen LogP contribution in [0.5, 0.6) is 0 Å². The number of quaternary nitrogens is 1. The zero-order valence-electron chi connectivity index (χ0n) is 12.5. The average Bonchev–Trinajstić information content (AvgIpc) is 2.55. The summed E-state index contributed by atoms with van der Waals surface area (Å²) in [4.78, 5) is 27.2. The lowest BCUT2D eigenvalue weighted by molar-refractivity contribution is -0.697. The Bertz CT molecular complexity index is 726. The Morgan fingerprint density at radius 1 is 1.29 bits per heavy atom. The number of carbonyl (C=O) groups excluding carboxylic acids is 2. The fourth-order valence-corrected chi connectivity index (χ4v) is 2.51. The fraction of sp³-hybridized carbons (Fsp3) is 0.188. The molecule has 2 rings (SSSR count). The van der Waals surface area contributed by atoms with Gasteiger partial charge in [0.1, 0.15) is 12.6 Å². The van der Waals surface area contributed by atoms with Crippen LogP contribution in [0.1, 0.15) is 12.0 Å². The Balaban J connectivity index is 1.94. The molecule has 0 aliphatic carbocycles. The molecule has 1 aromatic carbocycles. The van der Waals surface area contributed by atoms with Gasteiger partial charge in [-0.15, -0.1) is 0 Å². The molecular formula is C16H15Cl2N3O3. The largest absolute Gasteiger partial charge is 0.544 e. The number of aromatic nitrogens is 1. The molecule has 2 aromatic rings. The molecule has 0 radical (unpaired) electrons. The van der Waals surface area contributed by atoms with Crippen LogP contribution < -0.4 is 15.7 Å². The molecule has 8 heteroatoms. The van der Waals surface area contributed by atoms with Gasteiger partial charge in [0.2, 0.25) is 5.91 Å². The van der Waals surface area contributed by atoms with Crippen molar-refractivity contribution in [2.24, 2.45) is 0 Å². The number of aliphatic carboxylic acids is 1. The van der Waals surface area contributed by atoms with Crippen LogP contribution in [0.3, 0.4) is 0 Å². The molecule has 0 unspecified atom stereocenters. The summed E-state index contributed by atoms with van der Waals surface area (Å²) in [6.45, 7) is 0.376. The Kier molecular flexibility index (Phi) is 6.54. The fourth-order valence-electron chi connectivity index (χ4n) is 2.05. The summed E-state index contributed by atoms with van der Waals surface area (Å²) in [5, 5.41) is 16.0. The summed E-state index contributed by atoms with van der Waals surface area (Å²) in [6, 6.07) is 7.18. The van der Waals surface area contributed by atoms with Gasteiger partial charge in [0, 0.05) is 23.0 Å². The Morgan fingerprint density at radius 2 is 2.08 bits per heavy atom. The van der Waals surface area contributed by atoms with Crippen molar-refractivity contribution in [3.05, 3.63) is 58.3 Å². The second kappa shape index (κ2) is 8.63. The van der Waals surface area contributed by atoms with Crippen LogP contribution in [0.15, 0.2) is 42.7 Å². The highest BCUT2D eigenvalue weighted by Gasteiger charge is 2.19. The van der Waals surface area contributed by atoms with Gasteiger partial charge in [-0.25, -0.2) is 0 Å². The molecule has 0 spiro atoms. The first-order valence-electron chi connectivity index (χ1n) is 7.13. The predicted octanol–water partition coefficient (Wildman–Crippen LogP) is 0.599. The molecule has 1 aromatic heterocycles. The summed E-state index contributed by atoms with van der Waals surface area (Å²) in [6.07, 6.45) is 3.01. The number of nitrogens with zero attached hydrogens (tertiary/aromatic N) is 1. The Labute approximate surface area is 148 Å². The molecule has 0 saturated heterocycles. The van der Waals surface area contributed by atoms with Crippen LogP contribution in [-0.4, -0.2) is 22.9 Å². The van der Waals surface area contributed by atoms with Crippen LogP contribution >= 0.6 is 23.2 Å². The minimum absolute atomic E-state index is 0.248. The summed E-state index contributed by atoms with van der Waals surface area (Å²) >= 11 is 11.8. The number of hydrogen-bond acceptors (Lipinski definition) is 4. The molecule has 0 bridgehead atoms. The maximum absolute atomic E-state index is 12.0. The van der Waals surface area contributed by atoms with Crippen LogP contribution in [-0.2, 0) is 16.1 Å². The zero-order valence-corrected chi connectivity index (χ0v) is 14.1. The van der Waals surface area contributed by atoms with Crippen molar-refractivity contribution in [2.75, 3.05) is 5.32 Å². The van der Waals surface area contributed by atoms with Gasteiger partial charge < -0.3 is 20.5 Å². The first kappa shape index (κ1) is 18.2. The summed E-state index contributed by atoms with van der Waals surface area (Å²) in [7, 11) is 0. The van der Waals surface area contributed by atoms with Gasteiger partial charge in [0.25, 0.3) is 0 Å². The Morgan fingerprint density at radius 3 is 2.71 bits per heavy atom. The van der Waals surface area contributed by atoms with E-state index in [0.717, 1.165) is 5.56 Å². The second-order valence-corrected chi connectivity index (χ2v) is 5.95. The van der Waals surface area contributed by atoms with E-state index in [4.69, 9.17) is 23.2 Å². The number of carboxylic acid groups (broad SMARTS) is 1. The average molecular weight is 368 g/mol. The van der Waals surface area contributed by atoms with Gasteiger partial charge >= 0.3 is 0 Å². The molecule has 1 atom stereocenters. The molecule has 0 fully saturated rings. The third kappa shape index (κ3) is 5.49. The van der Waals surface area contributed by atoms with Gasteiger partial charge in [-0.1, -0.05) is 29.3 Å². The van der Waals surface area contributed by atoms with E-state index >= 15 is 0 Å². The highest BCUT2D eigenvalue weighted by molar-refractivity contribution is 6.36. The number of rotatable bonds is 7. The third-order valence-corrected chi connectivity index (χ3v) is 3.82. The molecule has 1 amide bonds. The highest BCUT2D eigenvalue weighted by atomic mass is 35.5. The normalized spacial score (nSPS) is 11.8. The van der Waals surface area contributed by atoms with E-state index in [2.05, 4.69) is 10.3 Å². The maximum Gasteiger partial charge on any atom is 0.230 e. The number of benzene rings is 1. The van der Waals surface area contributed by atoms with Crippen molar-refractivity contribution < 1.29 is 20.0 Å². The molecule has 24 heavy (non-hydrogen) atoms. The number of pyridine rings is 1. The molecule has 6 nitrogen and oxygen atoms in total. The van der Waals surface area contributed by atoms with Crippen molar-refractivity contribution in [3.8, 4) is 0 Å². The summed E-state index contributed by atoms with van der Waals surface area (Å²) < 4.78 is 0. The highest BCUT2D eigenvalue weighted by Crippen LogP contribution is 2.25. The molecular weight excluding hydrogens is 353 g/mol. The first-order chi connectivity index (χ1) is 11.5. The van der Waals surface area contributed by atoms with Gasteiger partial charge in [-0.3, -0.25) is 9.78 Å². The van der Waals surface area contributed by atoms with Crippen molar-refractivity contribution in [2.45, 2.75) is 19.0 Å². The Hall–Kier alpha value is -2.15. The van der Waals surface area contributed by atoms with Gasteiger partial charge in [0.05, 0.1) is 23.1 Å². The lowest BCUT2D eigenvalue weighted by Crippen LogP contribution is -2.92. The van der Waals surface area contributed by atoms with Crippen LogP contribution in [0.25, 0.3) is 0 Å². The maximum atomic E-state index is 12.0. The van der Waals surface area contributed by atoms with E-state index in [9.17, 15) is 14.7 Å².